The van der Waals surface area contributed by atoms with Crippen LogP contribution >= 0.6 is 0 Å². The van der Waals surface area contributed by atoms with Crippen molar-refractivity contribution in [2.24, 2.45) is 11.8 Å². The summed E-state index contributed by atoms with van der Waals surface area (Å²) in [6.45, 7) is 3.02. The van der Waals surface area contributed by atoms with Crippen molar-refractivity contribution < 1.29 is 14.6 Å². The first kappa shape index (κ1) is 21.5. The molecular weight excluding hydrogens is 418 g/mol. The Labute approximate surface area is 193 Å². The summed E-state index contributed by atoms with van der Waals surface area (Å²) < 4.78 is 7.27. The summed E-state index contributed by atoms with van der Waals surface area (Å²) in [5, 5.41) is 21.4. The highest BCUT2D eigenvalue weighted by molar-refractivity contribution is 5.79. The Morgan fingerprint density at radius 3 is 2.91 bits per heavy atom. The second-order valence-electron chi connectivity index (χ2n) is 8.95. The molecule has 3 aromatic rings. The molecule has 3 aliphatic rings. The van der Waals surface area contributed by atoms with E-state index in [9.17, 15) is 9.90 Å². The number of piperidine rings is 3. The van der Waals surface area contributed by atoms with E-state index in [4.69, 9.17) is 4.74 Å². The van der Waals surface area contributed by atoms with E-state index in [0.29, 0.717) is 18.5 Å². The molecule has 8 heteroatoms. The largest absolute Gasteiger partial charge is 0.508 e. The molecule has 1 amide bonds. The van der Waals surface area contributed by atoms with Crippen LogP contribution in [0.2, 0.25) is 0 Å². The SMILES string of the molecule is COc1ccccc1CNC(=O)[C@@H]1CN2CC[C@@H]1C[C@@H]2Cn1cc(-c2cccc(O)c2)nn1. The van der Waals surface area contributed by atoms with E-state index in [1.54, 1.807) is 25.3 Å². The maximum absolute atomic E-state index is 13.0. The number of para-hydroxylation sites is 1. The monoisotopic (exact) mass is 447 g/mol. The smallest absolute Gasteiger partial charge is 0.224 e. The number of amides is 1. The van der Waals surface area contributed by atoms with Gasteiger partial charge in [0.2, 0.25) is 5.91 Å². The number of rotatable bonds is 7. The topological polar surface area (TPSA) is 92.5 Å². The minimum Gasteiger partial charge on any atom is -0.508 e. The first-order valence-electron chi connectivity index (χ1n) is 11.4. The molecule has 2 aromatic carbocycles. The van der Waals surface area contributed by atoms with E-state index in [1.165, 1.54) is 0 Å². The summed E-state index contributed by atoms with van der Waals surface area (Å²) in [6, 6.07) is 15.2. The van der Waals surface area contributed by atoms with Crippen molar-refractivity contribution in [2.45, 2.75) is 32.0 Å². The minimum atomic E-state index is 0.0170. The van der Waals surface area contributed by atoms with Crippen LogP contribution in [0, 0.1) is 11.8 Å². The number of aromatic nitrogens is 3. The first-order chi connectivity index (χ1) is 16.1. The lowest BCUT2D eigenvalue weighted by molar-refractivity contribution is -0.133. The highest BCUT2D eigenvalue weighted by Gasteiger charge is 2.43. The summed E-state index contributed by atoms with van der Waals surface area (Å²) in [4.78, 5) is 15.4. The van der Waals surface area contributed by atoms with Gasteiger partial charge in [-0.05, 0) is 43.5 Å². The Balaban J connectivity index is 1.19. The molecule has 1 unspecified atom stereocenters. The molecule has 3 fully saturated rings. The second-order valence-corrected chi connectivity index (χ2v) is 8.95. The Bertz CT molecular complexity index is 1130. The molecule has 172 valence electrons. The van der Waals surface area contributed by atoms with Crippen LogP contribution in [0.5, 0.6) is 11.5 Å². The lowest BCUT2D eigenvalue weighted by Crippen LogP contribution is -2.58. The molecule has 0 spiro atoms. The lowest BCUT2D eigenvalue weighted by Gasteiger charge is -2.49. The molecular formula is C25H29N5O3. The van der Waals surface area contributed by atoms with E-state index in [1.807, 2.05) is 41.2 Å². The normalized spacial score (nSPS) is 23.9. The number of nitrogens with one attached hydrogen (secondary N) is 1. The van der Waals surface area contributed by atoms with Gasteiger partial charge in [0.25, 0.3) is 0 Å². The number of methoxy groups -OCH3 is 1. The van der Waals surface area contributed by atoms with Gasteiger partial charge in [-0.15, -0.1) is 5.10 Å². The number of carbonyl (C=O) groups is 1. The lowest BCUT2D eigenvalue weighted by atomic mass is 9.75. The molecule has 0 aliphatic carbocycles. The Kier molecular flexibility index (Phi) is 6.00. The number of phenolic OH excluding ortho intramolecular Hbond substituents is 1. The van der Waals surface area contributed by atoms with E-state index in [0.717, 1.165) is 55.0 Å². The summed E-state index contributed by atoms with van der Waals surface area (Å²) in [5.41, 5.74) is 2.58. The predicted octanol–water partition coefficient (Wildman–Crippen LogP) is 2.69. The summed E-state index contributed by atoms with van der Waals surface area (Å²) in [5.74, 6) is 1.54. The van der Waals surface area contributed by atoms with Crippen molar-refractivity contribution >= 4 is 5.91 Å². The van der Waals surface area contributed by atoms with E-state index >= 15 is 0 Å². The van der Waals surface area contributed by atoms with Gasteiger partial charge in [0.05, 0.1) is 25.8 Å². The summed E-state index contributed by atoms with van der Waals surface area (Å²) in [7, 11) is 1.65. The average molecular weight is 448 g/mol. The van der Waals surface area contributed by atoms with Crippen LogP contribution in [0.15, 0.2) is 54.7 Å². The number of fused-ring (bicyclic) bond motifs is 3. The Morgan fingerprint density at radius 1 is 1.24 bits per heavy atom. The maximum atomic E-state index is 13.0. The highest BCUT2D eigenvalue weighted by atomic mass is 16.5. The number of aromatic hydroxyl groups is 1. The molecule has 3 aliphatic heterocycles. The third-order valence-corrected chi connectivity index (χ3v) is 6.94. The summed E-state index contributed by atoms with van der Waals surface area (Å²) >= 11 is 0. The van der Waals surface area contributed by atoms with Crippen molar-refractivity contribution in [1.82, 2.24) is 25.2 Å². The van der Waals surface area contributed by atoms with Crippen molar-refractivity contribution in [3.8, 4) is 22.8 Å². The number of hydrogen-bond donors (Lipinski definition) is 2. The van der Waals surface area contributed by atoms with Crippen LogP contribution < -0.4 is 10.1 Å². The molecule has 3 saturated heterocycles. The van der Waals surface area contributed by atoms with Gasteiger partial charge in [-0.2, -0.15) is 0 Å². The molecule has 0 radical (unpaired) electrons. The van der Waals surface area contributed by atoms with Crippen LogP contribution in [0.3, 0.4) is 0 Å². The van der Waals surface area contributed by atoms with E-state index < -0.39 is 0 Å². The van der Waals surface area contributed by atoms with Crippen LogP contribution in [0.4, 0.5) is 0 Å². The minimum absolute atomic E-state index is 0.0170. The number of carbonyl (C=O) groups excluding carboxylic acids is 1. The number of hydrogen-bond acceptors (Lipinski definition) is 6. The zero-order valence-electron chi connectivity index (χ0n) is 18.7. The number of nitrogens with zero attached hydrogens (tertiary/aromatic N) is 4. The molecule has 1 aromatic heterocycles. The number of phenols is 1. The van der Waals surface area contributed by atoms with Gasteiger partial charge in [-0.3, -0.25) is 14.4 Å². The summed E-state index contributed by atoms with van der Waals surface area (Å²) in [6.07, 6.45) is 3.96. The zero-order chi connectivity index (χ0) is 22.8. The molecule has 2 N–H and O–H groups in total. The van der Waals surface area contributed by atoms with Gasteiger partial charge >= 0.3 is 0 Å². The van der Waals surface area contributed by atoms with Crippen molar-refractivity contribution in [3.05, 3.63) is 60.3 Å². The Morgan fingerprint density at radius 2 is 2.12 bits per heavy atom. The second kappa shape index (κ2) is 9.23. The molecule has 4 heterocycles. The van der Waals surface area contributed by atoms with Gasteiger partial charge < -0.3 is 15.2 Å². The standard InChI is InChI=1S/C25H29N5O3/c1-33-24-8-3-2-5-19(24)13-26-25(32)22-15-29-10-9-17(22)11-20(29)14-30-16-23(27-28-30)18-6-4-7-21(31)12-18/h2-8,12,16-17,20,22,31H,9-11,13-15H2,1H3,(H,26,32)/t17-,20-,22-/m1/s1. The van der Waals surface area contributed by atoms with Crippen molar-refractivity contribution in [3.63, 3.8) is 0 Å². The van der Waals surface area contributed by atoms with Crippen LogP contribution in [-0.4, -0.2) is 57.1 Å². The van der Waals surface area contributed by atoms with Gasteiger partial charge in [-0.1, -0.05) is 35.5 Å². The fourth-order valence-electron chi connectivity index (χ4n) is 5.19. The van der Waals surface area contributed by atoms with Gasteiger partial charge in [0.15, 0.2) is 0 Å². The average Bonchev–Trinajstić information content (AvgIpc) is 3.31. The molecule has 33 heavy (non-hydrogen) atoms. The quantitative estimate of drug-likeness (QED) is 0.579. The molecule has 0 saturated carbocycles. The molecule has 4 atom stereocenters. The van der Waals surface area contributed by atoms with Crippen molar-refractivity contribution in [2.75, 3.05) is 20.2 Å². The van der Waals surface area contributed by atoms with E-state index in [2.05, 4.69) is 20.5 Å². The maximum Gasteiger partial charge on any atom is 0.224 e. The number of benzene rings is 2. The van der Waals surface area contributed by atoms with E-state index in [-0.39, 0.29) is 17.6 Å². The highest BCUT2D eigenvalue weighted by Crippen LogP contribution is 2.37. The third-order valence-electron chi connectivity index (χ3n) is 6.94. The molecule has 2 bridgehead atoms. The molecule has 8 nitrogen and oxygen atoms in total. The van der Waals surface area contributed by atoms with Gasteiger partial charge in [0, 0.05) is 30.3 Å². The number of ether oxygens (including phenoxy) is 1. The van der Waals surface area contributed by atoms with Gasteiger partial charge in [-0.25, -0.2) is 0 Å². The van der Waals surface area contributed by atoms with Gasteiger partial charge in [0.1, 0.15) is 17.2 Å². The third kappa shape index (κ3) is 4.57. The zero-order valence-corrected chi connectivity index (χ0v) is 18.7. The fourth-order valence-corrected chi connectivity index (χ4v) is 5.19. The van der Waals surface area contributed by atoms with Crippen LogP contribution in [0.1, 0.15) is 18.4 Å². The van der Waals surface area contributed by atoms with Crippen LogP contribution in [-0.2, 0) is 17.9 Å². The van der Waals surface area contributed by atoms with Crippen molar-refractivity contribution in [1.29, 1.82) is 0 Å². The van der Waals surface area contributed by atoms with Crippen LogP contribution in [0.25, 0.3) is 11.3 Å². The molecule has 6 rings (SSSR count). The predicted molar refractivity (Wildman–Crippen MR) is 124 cm³/mol. The first-order valence-corrected chi connectivity index (χ1v) is 11.4. The fraction of sp³-hybridized carbons (Fsp3) is 0.400. The Hall–Kier alpha value is -3.39.